The molecule has 0 aliphatic carbocycles. The smallest absolute Gasteiger partial charge is 0.328 e. The maximum absolute atomic E-state index is 13.5. The summed E-state index contributed by atoms with van der Waals surface area (Å²) in [4.78, 5) is 19.1. The molecule has 0 aliphatic heterocycles. The van der Waals surface area contributed by atoms with Crippen molar-refractivity contribution < 1.29 is 28.6 Å². The third-order valence-corrected chi connectivity index (χ3v) is 2.53. The van der Waals surface area contributed by atoms with E-state index in [4.69, 9.17) is 20.4 Å². The molecule has 1 unspecified atom stereocenters. The molecule has 4 N–H and O–H groups in total. The summed E-state index contributed by atoms with van der Waals surface area (Å²) in [7, 11) is 0. The maximum Gasteiger partial charge on any atom is 0.328 e. The minimum absolute atomic E-state index is 0.0445. The van der Waals surface area contributed by atoms with E-state index in [2.05, 4.69) is 0 Å². The number of hydrogen-bond acceptors (Lipinski definition) is 4. The Morgan fingerprint density at radius 1 is 1.32 bits per heavy atom. The first-order valence-electron chi connectivity index (χ1n) is 6.34. The number of carboxylic acid groups (broad SMARTS) is 2. The largest absolute Gasteiger partial charge is 0.478 e. The van der Waals surface area contributed by atoms with E-state index in [0.29, 0.717) is 29.7 Å². The second-order valence-corrected chi connectivity index (χ2v) is 4.59. The monoisotopic (exact) mass is 309 g/mol. The van der Waals surface area contributed by atoms with E-state index in [1.165, 1.54) is 6.07 Å². The Labute approximate surface area is 125 Å². The first kappa shape index (κ1) is 17.4. The Hall–Kier alpha value is -2.67. The lowest BCUT2D eigenvalue weighted by atomic mass is 10.1. The van der Waals surface area contributed by atoms with E-state index in [0.717, 1.165) is 5.39 Å². The van der Waals surface area contributed by atoms with Gasteiger partial charge in [-0.05, 0) is 37.1 Å². The molecule has 0 fully saturated rings. The van der Waals surface area contributed by atoms with Gasteiger partial charge in [0.15, 0.2) is 0 Å². The SMILES string of the molecule is CC(N)Cc1cc2occc2cc1F.O=C(O)/C=C/C(=O)O. The molecule has 0 aliphatic rings. The average molecular weight is 309 g/mol. The summed E-state index contributed by atoms with van der Waals surface area (Å²) in [6.45, 7) is 1.85. The Bertz CT molecular complexity index is 674. The third-order valence-electron chi connectivity index (χ3n) is 2.53. The summed E-state index contributed by atoms with van der Waals surface area (Å²) < 4.78 is 18.6. The number of carbonyl (C=O) groups is 2. The van der Waals surface area contributed by atoms with Crippen LogP contribution < -0.4 is 5.73 Å². The van der Waals surface area contributed by atoms with E-state index in [9.17, 15) is 14.0 Å². The highest BCUT2D eigenvalue weighted by Gasteiger charge is 2.08. The van der Waals surface area contributed by atoms with Crippen molar-refractivity contribution in [2.24, 2.45) is 5.73 Å². The number of rotatable bonds is 4. The molecular formula is C15H16FNO5. The van der Waals surface area contributed by atoms with Crippen LogP contribution in [-0.2, 0) is 16.0 Å². The van der Waals surface area contributed by atoms with Crippen molar-refractivity contribution in [3.8, 4) is 0 Å². The molecule has 2 aromatic rings. The Morgan fingerprint density at radius 3 is 2.41 bits per heavy atom. The second kappa shape index (κ2) is 7.94. The molecule has 1 heterocycles. The molecule has 7 heteroatoms. The van der Waals surface area contributed by atoms with Crippen molar-refractivity contribution in [1.82, 2.24) is 0 Å². The molecule has 2 rings (SSSR count). The van der Waals surface area contributed by atoms with E-state index in [-0.39, 0.29) is 11.9 Å². The lowest BCUT2D eigenvalue weighted by molar-refractivity contribution is -0.134. The number of benzene rings is 1. The molecule has 118 valence electrons. The predicted molar refractivity (Wildman–Crippen MR) is 77.9 cm³/mol. The van der Waals surface area contributed by atoms with Gasteiger partial charge in [0.25, 0.3) is 0 Å². The molecular weight excluding hydrogens is 293 g/mol. The zero-order chi connectivity index (χ0) is 16.7. The van der Waals surface area contributed by atoms with Gasteiger partial charge in [-0.3, -0.25) is 0 Å². The van der Waals surface area contributed by atoms with Crippen LogP contribution in [0.25, 0.3) is 11.0 Å². The molecule has 0 amide bonds. The average Bonchev–Trinajstić information content (AvgIpc) is 2.84. The molecule has 22 heavy (non-hydrogen) atoms. The van der Waals surface area contributed by atoms with Crippen molar-refractivity contribution >= 4 is 22.9 Å². The first-order valence-corrected chi connectivity index (χ1v) is 6.34. The first-order chi connectivity index (χ1) is 10.3. The predicted octanol–water partition coefficient (Wildman–Crippen LogP) is 2.17. The molecule has 0 spiro atoms. The summed E-state index contributed by atoms with van der Waals surface area (Å²) in [5, 5.41) is 16.4. The number of aliphatic carboxylic acids is 2. The quantitative estimate of drug-likeness (QED) is 0.746. The van der Waals surface area contributed by atoms with Crippen LogP contribution in [0.2, 0.25) is 0 Å². The van der Waals surface area contributed by atoms with Crippen LogP contribution in [0.15, 0.2) is 41.0 Å². The van der Waals surface area contributed by atoms with Crippen molar-refractivity contribution in [2.75, 3.05) is 0 Å². The standard InChI is InChI=1S/C11H12FNO.C4H4O4/c1-7(13)4-9-6-11-8(2-3-14-11)5-10(9)12;5-3(6)1-2-4(7)8/h2-3,5-7H,4,13H2,1H3;1-2H,(H,5,6)(H,7,8)/b;2-1+. The van der Waals surface area contributed by atoms with Crippen LogP contribution in [0.1, 0.15) is 12.5 Å². The van der Waals surface area contributed by atoms with Gasteiger partial charge in [0.1, 0.15) is 11.4 Å². The molecule has 0 radical (unpaired) electrons. The normalized spacial score (nSPS) is 12.0. The molecule has 1 aromatic carbocycles. The zero-order valence-corrected chi connectivity index (χ0v) is 11.8. The van der Waals surface area contributed by atoms with Gasteiger partial charge in [0.2, 0.25) is 0 Å². The van der Waals surface area contributed by atoms with Crippen LogP contribution in [0, 0.1) is 5.82 Å². The number of furan rings is 1. The van der Waals surface area contributed by atoms with Gasteiger partial charge < -0.3 is 20.4 Å². The number of hydrogen-bond donors (Lipinski definition) is 3. The lowest BCUT2D eigenvalue weighted by Gasteiger charge is -2.05. The van der Waals surface area contributed by atoms with Gasteiger partial charge >= 0.3 is 11.9 Å². The third kappa shape index (κ3) is 5.76. The van der Waals surface area contributed by atoms with E-state index in [1.807, 2.05) is 6.92 Å². The van der Waals surface area contributed by atoms with Gasteiger partial charge in [-0.2, -0.15) is 0 Å². The summed E-state index contributed by atoms with van der Waals surface area (Å²) in [5.41, 5.74) is 6.94. The lowest BCUT2D eigenvalue weighted by Crippen LogP contribution is -2.18. The van der Waals surface area contributed by atoms with Crippen molar-refractivity contribution in [3.63, 3.8) is 0 Å². The van der Waals surface area contributed by atoms with E-state index in [1.54, 1.807) is 18.4 Å². The van der Waals surface area contributed by atoms with Crippen LogP contribution in [0.4, 0.5) is 4.39 Å². The Morgan fingerprint density at radius 2 is 1.91 bits per heavy atom. The highest BCUT2D eigenvalue weighted by Crippen LogP contribution is 2.20. The number of nitrogens with two attached hydrogens (primary N) is 1. The Balaban J connectivity index is 0.000000261. The molecule has 0 bridgehead atoms. The summed E-state index contributed by atoms with van der Waals surface area (Å²) in [5.74, 6) is -2.73. The zero-order valence-electron chi connectivity index (χ0n) is 11.8. The van der Waals surface area contributed by atoms with Crippen molar-refractivity contribution in [3.05, 3.63) is 48.0 Å². The van der Waals surface area contributed by atoms with Crippen molar-refractivity contribution in [1.29, 1.82) is 0 Å². The van der Waals surface area contributed by atoms with Crippen LogP contribution >= 0.6 is 0 Å². The van der Waals surface area contributed by atoms with E-state index >= 15 is 0 Å². The molecule has 0 saturated carbocycles. The van der Waals surface area contributed by atoms with Crippen molar-refractivity contribution in [2.45, 2.75) is 19.4 Å². The topological polar surface area (TPSA) is 114 Å². The van der Waals surface area contributed by atoms with Crippen LogP contribution in [0.5, 0.6) is 0 Å². The summed E-state index contributed by atoms with van der Waals surface area (Å²) in [6, 6.07) is 4.90. The van der Waals surface area contributed by atoms with Crippen LogP contribution in [0.3, 0.4) is 0 Å². The maximum atomic E-state index is 13.5. The highest BCUT2D eigenvalue weighted by molar-refractivity contribution is 5.89. The van der Waals surface area contributed by atoms with Gasteiger partial charge in [-0.15, -0.1) is 0 Å². The Kier molecular flexibility index (Phi) is 6.27. The number of carboxylic acids is 2. The minimum atomic E-state index is -1.26. The van der Waals surface area contributed by atoms with Gasteiger partial charge in [-0.25, -0.2) is 14.0 Å². The fourth-order valence-electron chi connectivity index (χ4n) is 1.67. The van der Waals surface area contributed by atoms with Crippen LogP contribution in [-0.4, -0.2) is 28.2 Å². The molecule has 6 nitrogen and oxygen atoms in total. The van der Waals surface area contributed by atoms with E-state index < -0.39 is 11.9 Å². The fraction of sp³-hybridized carbons (Fsp3) is 0.200. The highest BCUT2D eigenvalue weighted by atomic mass is 19.1. The fourth-order valence-corrected chi connectivity index (χ4v) is 1.67. The molecule has 0 saturated heterocycles. The number of halogens is 1. The second-order valence-electron chi connectivity index (χ2n) is 4.59. The molecule has 1 aromatic heterocycles. The van der Waals surface area contributed by atoms with Gasteiger partial charge in [0, 0.05) is 23.6 Å². The van der Waals surface area contributed by atoms with Gasteiger partial charge in [-0.1, -0.05) is 0 Å². The van der Waals surface area contributed by atoms with Gasteiger partial charge in [0.05, 0.1) is 6.26 Å². The number of fused-ring (bicyclic) bond motifs is 1. The molecule has 1 atom stereocenters. The minimum Gasteiger partial charge on any atom is -0.478 e. The summed E-state index contributed by atoms with van der Waals surface area (Å²) >= 11 is 0. The summed E-state index contributed by atoms with van der Waals surface area (Å²) in [6.07, 6.45) is 3.20.